The smallest absolute Gasteiger partial charge is 0.250 e. The number of carbonyl (C=O) groups is 2. The lowest BCUT2D eigenvalue weighted by Crippen LogP contribution is -2.51. The molecule has 3 rings (SSSR count). The van der Waals surface area contributed by atoms with Crippen LogP contribution in [0.5, 0.6) is 0 Å². The number of benzene rings is 1. The monoisotopic (exact) mass is 274 g/mol. The van der Waals surface area contributed by atoms with Gasteiger partial charge in [-0.05, 0) is 24.6 Å². The second kappa shape index (κ2) is 4.70. The van der Waals surface area contributed by atoms with Crippen molar-refractivity contribution in [3.63, 3.8) is 0 Å². The molecule has 106 valence electrons. The summed E-state index contributed by atoms with van der Waals surface area (Å²) in [4.78, 5) is 27.3. The second-order valence-corrected chi connectivity index (χ2v) is 5.37. The van der Waals surface area contributed by atoms with E-state index in [4.69, 9.17) is 11.5 Å². The van der Waals surface area contributed by atoms with E-state index in [-0.39, 0.29) is 11.9 Å². The highest BCUT2D eigenvalue weighted by Crippen LogP contribution is 2.29. The van der Waals surface area contributed by atoms with Crippen LogP contribution in [0.4, 0.5) is 11.4 Å². The maximum absolute atomic E-state index is 11.7. The van der Waals surface area contributed by atoms with Crippen molar-refractivity contribution in [1.82, 2.24) is 4.90 Å². The fourth-order valence-corrected chi connectivity index (χ4v) is 3.10. The van der Waals surface area contributed by atoms with Crippen molar-refractivity contribution in [1.29, 1.82) is 0 Å². The van der Waals surface area contributed by atoms with E-state index in [1.807, 2.05) is 4.90 Å². The van der Waals surface area contributed by atoms with Gasteiger partial charge in [-0.15, -0.1) is 0 Å². The van der Waals surface area contributed by atoms with Gasteiger partial charge in [0.15, 0.2) is 0 Å². The van der Waals surface area contributed by atoms with Crippen molar-refractivity contribution >= 4 is 23.2 Å². The van der Waals surface area contributed by atoms with Crippen LogP contribution >= 0.6 is 0 Å². The van der Waals surface area contributed by atoms with Crippen LogP contribution < -0.4 is 16.4 Å². The van der Waals surface area contributed by atoms with Gasteiger partial charge in [0.2, 0.25) is 5.91 Å². The van der Waals surface area contributed by atoms with Crippen LogP contribution in [0.25, 0.3) is 0 Å². The van der Waals surface area contributed by atoms with Crippen molar-refractivity contribution < 1.29 is 9.59 Å². The van der Waals surface area contributed by atoms with E-state index in [1.54, 1.807) is 18.2 Å². The molecule has 2 saturated heterocycles. The fourth-order valence-electron chi connectivity index (χ4n) is 3.10. The van der Waals surface area contributed by atoms with E-state index < -0.39 is 5.91 Å². The van der Waals surface area contributed by atoms with Crippen LogP contribution in [0.2, 0.25) is 0 Å². The molecule has 2 aliphatic heterocycles. The van der Waals surface area contributed by atoms with E-state index in [0.29, 0.717) is 30.8 Å². The lowest BCUT2D eigenvalue weighted by molar-refractivity contribution is -0.129. The molecule has 1 aromatic carbocycles. The van der Waals surface area contributed by atoms with Crippen molar-refractivity contribution in [2.75, 3.05) is 30.3 Å². The average Bonchev–Trinajstić information content (AvgIpc) is 2.79. The molecule has 6 heteroatoms. The Morgan fingerprint density at radius 2 is 2.10 bits per heavy atom. The second-order valence-electron chi connectivity index (χ2n) is 5.37. The Hall–Kier alpha value is -2.24. The van der Waals surface area contributed by atoms with E-state index >= 15 is 0 Å². The maximum Gasteiger partial charge on any atom is 0.250 e. The summed E-state index contributed by atoms with van der Waals surface area (Å²) in [6, 6.07) is 5.36. The zero-order valence-electron chi connectivity index (χ0n) is 11.2. The molecule has 2 aliphatic rings. The Balaban J connectivity index is 1.89. The van der Waals surface area contributed by atoms with Crippen LogP contribution in [0.3, 0.4) is 0 Å². The summed E-state index contributed by atoms with van der Waals surface area (Å²) in [6.07, 6.45) is 1.50. The minimum absolute atomic E-state index is 0.234. The molecule has 1 unspecified atom stereocenters. The first-order valence-corrected chi connectivity index (χ1v) is 6.80. The van der Waals surface area contributed by atoms with E-state index in [1.165, 1.54) is 0 Å². The molecule has 6 nitrogen and oxygen atoms in total. The molecular weight excluding hydrogens is 256 g/mol. The summed E-state index contributed by atoms with van der Waals surface area (Å²) in [6.45, 7) is 2.12. The molecule has 0 saturated carbocycles. The van der Waals surface area contributed by atoms with Gasteiger partial charge in [0, 0.05) is 37.8 Å². The largest absolute Gasteiger partial charge is 0.399 e. The van der Waals surface area contributed by atoms with Crippen LogP contribution in [0.15, 0.2) is 18.2 Å². The van der Waals surface area contributed by atoms with E-state index in [0.717, 1.165) is 18.7 Å². The maximum atomic E-state index is 11.7. The first kappa shape index (κ1) is 12.8. The zero-order chi connectivity index (χ0) is 14.3. The zero-order valence-corrected chi connectivity index (χ0v) is 11.2. The molecule has 2 heterocycles. The van der Waals surface area contributed by atoms with Crippen LogP contribution in [0, 0.1) is 0 Å². The summed E-state index contributed by atoms with van der Waals surface area (Å²) in [5.74, 6) is -0.220. The molecule has 1 atom stereocenters. The molecular formula is C14H18N4O2. The third-order valence-electron chi connectivity index (χ3n) is 4.12. The number of hydrogen-bond donors (Lipinski definition) is 2. The Labute approximate surface area is 117 Å². The highest BCUT2D eigenvalue weighted by atomic mass is 16.2. The third-order valence-corrected chi connectivity index (χ3v) is 4.12. The minimum atomic E-state index is -0.454. The number of carbonyl (C=O) groups excluding carboxylic acids is 2. The number of rotatable bonds is 2. The normalized spacial score (nSPS) is 22.0. The number of nitrogens with zero attached hydrogens (tertiary/aromatic N) is 2. The van der Waals surface area contributed by atoms with Gasteiger partial charge in [0.1, 0.15) is 0 Å². The highest BCUT2D eigenvalue weighted by Gasteiger charge is 2.36. The van der Waals surface area contributed by atoms with Gasteiger partial charge in [-0.2, -0.15) is 0 Å². The number of anilines is 2. The van der Waals surface area contributed by atoms with Crippen molar-refractivity contribution in [2.24, 2.45) is 5.73 Å². The molecule has 0 aliphatic carbocycles. The Kier molecular flexibility index (Phi) is 3.00. The molecule has 0 bridgehead atoms. The fraction of sp³-hybridized carbons (Fsp3) is 0.429. The Morgan fingerprint density at radius 1 is 1.30 bits per heavy atom. The molecule has 0 aromatic heterocycles. The minimum Gasteiger partial charge on any atom is -0.399 e. The van der Waals surface area contributed by atoms with Gasteiger partial charge in [-0.1, -0.05) is 0 Å². The summed E-state index contributed by atoms with van der Waals surface area (Å²) < 4.78 is 0. The molecule has 0 spiro atoms. The summed E-state index contributed by atoms with van der Waals surface area (Å²) in [7, 11) is 0. The molecule has 0 radical (unpaired) electrons. The predicted octanol–water partition coefficient (Wildman–Crippen LogP) is 0.179. The molecule has 2 amide bonds. The third kappa shape index (κ3) is 2.07. The van der Waals surface area contributed by atoms with Gasteiger partial charge >= 0.3 is 0 Å². The van der Waals surface area contributed by atoms with Gasteiger partial charge < -0.3 is 21.3 Å². The summed E-state index contributed by atoms with van der Waals surface area (Å²) in [5.41, 5.74) is 13.1. The van der Waals surface area contributed by atoms with Crippen LogP contribution in [-0.2, 0) is 4.79 Å². The van der Waals surface area contributed by atoms with Gasteiger partial charge in [-0.3, -0.25) is 9.59 Å². The first-order valence-electron chi connectivity index (χ1n) is 6.80. The number of amides is 2. The SMILES string of the molecule is NC(=O)c1ccc(N)cc1N1CCN2C(=O)CCC2C1. The Morgan fingerprint density at radius 3 is 2.85 bits per heavy atom. The van der Waals surface area contributed by atoms with Gasteiger partial charge in [-0.25, -0.2) is 0 Å². The highest BCUT2D eigenvalue weighted by molar-refractivity contribution is 5.99. The number of nitrogen functional groups attached to an aromatic ring is 1. The topological polar surface area (TPSA) is 92.7 Å². The van der Waals surface area contributed by atoms with Crippen LogP contribution in [-0.4, -0.2) is 42.4 Å². The van der Waals surface area contributed by atoms with E-state index in [2.05, 4.69) is 4.90 Å². The number of piperazine rings is 1. The number of hydrogen-bond acceptors (Lipinski definition) is 4. The van der Waals surface area contributed by atoms with Gasteiger partial charge in [0.05, 0.1) is 11.3 Å². The van der Waals surface area contributed by atoms with E-state index in [9.17, 15) is 9.59 Å². The van der Waals surface area contributed by atoms with Crippen molar-refractivity contribution in [3.8, 4) is 0 Å². The van der Waals surface area contributed by atoms with Crippen molar-refractivity contribution in [3.05, 3.63) is 23.8 Å². The number of fused-ring (bicyclic) bond motifs is 1. The standard InChI is InChI=1S/C14H18N4O2/c15-9-1-3-11(14(16)20)12(7-9)17-5-6-18-10(8-17)2-4-13(18)19/h1,3,7,10H,2,4-6,8,15H2,(H2,16,20). The summed E-state index contributed by atoms with van der Waals surface area (Å²) in [5, 5.41) is 0. The van der Waals surface area contributed by atoms with Gasteiger partial charge in [0.25, 0.3) is 5.91 Å². The number of nitrogens with two attached hydrogens (primary N) is 2. The molecule has 2 fully saturated rings. The Bertz CT molecular complexity index is 572. The average molecular weight is 274 g/mol. The molecule has 1 aromatic rings. The molecule has 20 heavy (non-hydrogen) atoms. The number of primary amides is 1. The van der Waals surface area contributed by atoms with Crippen LogP contribution in [0.1, 0.15) is 23.2 Å². The quantitative estimate of drug-likeness (QED) is 0.752. The summed E-state index contributed by atoms with van der Waals surface area (Å²) >= 11 is 0. The lowest BCUT2D eigenvalue weighted by Gasteiger charge is -2.39. The first-order chi connectivity index (χ1) is 9.56. The predicted molar refractivity (Wildman–Crippen MR) is 76.3 cm³/mol. The lowest BCUT2D eigenvalue weighted by atomic mass is 10.1. The molecule has 4 N–H and O–H groups in total. The van der Waals surface area contributed by atoms with Crippen molar-refractivity contribution in [2.45, 2.75) is 18.9 Å².